The van der Waals surface area contributed by atoms with Gasteiger partial charge in [0.1, 0.15) is 5.82 Å². The molecule has 0 saturated heterocycles. The van der Waals surface area contributed by atoms with Gasteiger partial charge in [-0.05, 0) is 6.92 Å². The summed E-state index contributed by atoms with van der Waals surface area (Å²) in [5.41, 5.74) is 0. The summed E-state index contributed by atoms with van der Waals surface area (Å²) in [6.45, 7) is 1.82. The van der Waals surface area contributed by atoms with E-state index < -0.39 is 12.1 Å². The number of hydrogen-bond acceptors (Lipinski definition) is 5. The van der Waals surface area contributed by atoms with Crippen molar-refractivity contribution in [3.63, 3.8) is 0 Å². The molecule has 7 heteroatoms. The molecule has 6 nitrogen and oxygen atoms in total. The zero-order valence-electron chi connectivity index (χ0n) is 8.54. The predicted molar refractivity (Wildman–Crippen MR) is 54.7 cm³/mol. The third-order valence-corrected chi connectivity index (χ3v) is 3.03. The van der Waals surface area contributed by atoms with Crippen LogP contribution in [0.15, 0.2) is 5.16 Å². The number of carbonyl (C=O) groups is 1. The quantitative estimate of drug-likeness (QED) is 0.696. The molecule has 0 radical (unpaired) electrons. The molecule has 0 amide bonds. The second-order valence-corrected chi connectivity index (χ2v) is 4.14. The van der Waals surface area contributed by atoms with Crippen LogP contribution in [-0.4, -0.2) is 42.8 Å². The summed E-state index contributed by atoms with van der Waals surface area (Å²) in [5, 5.41) is 26.2. The van der Waals surface area contributed by atoms with Crippen molar-refractivity contribution in [2.24, 2.45) is 7.05 Å². The molecule has 0 aliphatic carbocycles. The maximum absolute atomic E-state index is 10.3. The van der Waals surface area contributed by atoms with Gasteiger partial charge in [-0.1, -0.05) is 11.8 Å². The van der Waals surface area contributed by atoms with E-state index in [-0.39, 0.29) is 6.42 Å². The van der Waals surface area contributed by atoms with Crippen LogP contribution in [0.3, 0.4) is 0 Å². The Morgan fingerprint density at radius 1 is 1.60 bits per heavy atom. The van der Waals surface area contributed by atoms with Crippen LogP contribution >= 0.6 is 11.8 Å². The van der Waals surface area contributed by atoms with Crippen LogP contribution in [-0.2, 0) is 11.8 Å². The predicted octanol–water partition coefficient (Wildman–Crippen LogP) is 0.0512. The van der Waals surface area contributed by atoms with E-state index in [2.05, 4.69) is 10.2 Å². The number of carboxylic acids is 1. The minimum Gasteiger partial charge on any atom is -0.481 e. The van der Waals surface area contributed by atoms with Crippen LogP contribution in [0.1, 0.15) is 12.2 Å². The molecule has 0 bridgehead atoms. The Kier molecular flexibility index (Phi) is 4.10. The Labute approximate surface area is 91.3 Å². The van der Waals surface area contributed by atoms with Gasteiger partial charge in [0.05, 0.1) is 12.5 Å². The van der Waals surface area contributed by atoms with E-state index in [0.29, 0.717) is 10.9 Å². The van der Waals surface area contributed by atoms with Crippen molar-refractivity contribution in [2.45, 2.75) is 24.6 Å². The molecule has 1 aromatic rings. The average molecular weight is 231 g/mol. The van der Waals surface area contributed by atoms with Crippen LogP contribution < -0.4 is 0 Å². The van der Waals surface area contributed by atoms with Crippen molar-refractivity contribution in [3.8, 4) is 0 Å². The van der Waals surface area contributed by atoms with E-state index in [9.17, 15) is 9.90 Å². The fourth-order valence-electron chi connectivity index (χ4n) is 0.945. The molecule has 1 unspecified atom stereocenters. The minimum atomic E-state index is -1.00. The van der Waals surface area contributed by atoms with Crippen LogP contribution in [0, 0.1) is 6.92 Å². The van der Waals surface area contributed by atoms with Crippen molar-refractivity contribution in [2.75, 3.05) is 5.75 Å². The van der Waals surface area contributed by atoms with Gasteiger partial charge in [-0.25, -0.2) is 0 Å². The summed E-state index contributed by atoms with van der Waals surface area (Å²) in [6.07, 6.45) is -1.10. The molecule has 0 aliphatic heterocycles. The number of hydrogen-bond donors (Lipinski definition) is 2. The van der Waals surface area contributed by atoms with E-state index in [1.165, 1.54) is 11.8 Å². The molecule has 15 heavy (non-hydrogen) atoms. The highest BCUT2D eigenvalue weighted by atomic mass is 32.2. The van der Waals surface area contributed by atoms with Gasteiger partial charge in [0.2, 0.25) is 0 Å². The summed E-state index contributed by atoms with van der Waals surface area (Å²) in [4.78, 5) is 10.3. The molecule has 0 aliphatic rings. The lowest BCUT2D eigenvalue weighted by Gasteiger charge is -2.06. The second kappa shape index (κ2) is 5.13. The van der Waals surface area contributed by atoms with Crippen LogP contribution in [0.25, 0.3) is 0 Å². The highest BCUT2D eigenvalue weighted by molar-refractivity contribution is 7.99. The first-order valence-electron chi connectivity index (χ1n) is 4.39. The number of nitrogens with zero attached hydrogens (tertiary/aromatic N) is 3. The summed E-state index contributed by atoms with van der Waals surface area (Å²) < 4.78 is 1.79. The van der Waals surface area contributed by atoms with E-state index in [1.54, 1.807) is 4.57 Å². The Balaban J connectivity index is 2.43. The van der Waals surface area contributed by atoms with Gasteiger partial charge >= 0.3 is 5.97 Å². The number of thioether (sulfide) groups is 1. The van der Waals surface area contributed by atoms with E-state index in [4.69, 9.17) is 5.11 Å². The first kappa shape index (κ1) is 12.0. The van der Waals surface area contributed by atoms with Gasteiger partial charge in [0.15, 0.2) is 5.16 Å². The van der Waals surface area contributed by atoms with Gasteiger partial charge in [0.25, 0.3) is 0 Å². The number of aromatic nitrogens is 3. The first-order valence-corrected chi connectivity index (χ1v) is 5.38. The zero-order valence-corrected chi connectivity index (χ0v) is 9.36. The fraction of sp³-hybridized carbons (Fsp3) is 0.625. The SMILES string of the molecule is Cc1nnc(SCC(O)CC(=O)O)n1C. The Hall–Kier alpha value is -1.08. The molecule has 0 fully saturated rings. The molecule has 0 spiro atoms. The lowest BCUT2D eigenvalue weighted by Crippen LogP contribution is -2.15. The molecule has 1 rings (SSSR count). The number of carboxylic acid groups (broad SMARTS) is 1. The van der Waals surface area contributed by atoms with Crippen molar-refractivity contribution >= 4 is 17.7 Å². The standard InChI is InChI=1S/C8H13N3O3S/c1-5-9-10-8(11(5)2)15-4-6(12)3-7(13)14/h6,12H,3-4H2,1-2H3,(H,13,14). The second-order valence-electron chi connectivity index (χ2n) is 3.15. The highest BCUT2D eigenvalue weighted by Gasteiger charge is 2.12. The van der Waals surface area contributed by atoms with Crippen molar-refractivity contribution < 1.29 is 15.0 Å². The first-order chi connectivity index (χ1) is 7.00. The number of aliphatic carboxylic acids is 1. The average Bonchev–Trinajstić information content (AvgIpc) is 2.44. The van der Waals surface area contributed by atoms with Crippen LogP contribution in [0.2, 0.25) is 0 Å². The molecule has 2 N–H and O–H groups in total. The van der Waals surface area contributed by atoms with Gasteiger partial charge in [0, 0.05) is 12.8 Å². The molecular formula is C8H13N3O3S. The summed E-state index contributed by atoms with van der Waals surface area (Å²) >= 11 is 1.29. The summed E-state index contributed by atoms with van der Waals surface area (Å²) in [7, 11) is 1.82. The number of aryl methyl sites for hydroxylation is 1. The van der Waals surface area contributed by atoms with Crippen LogP contribution in [0.4, 0.5) is 0 Å². The highest BCUT2D eigenvalue weighted by Crippen LogP contribution is 2.16. The maximum atomic E-state index is 10.3. The summed E-state index contributed by atoms with van der Waals surface area (Å²) in [6, 6.07) is 0. The van der Waals surface area contributed by atoms with Crippen molar-refractivity contribution in [1.82, 2.24) is 14.8 Å². The summed E-state index contributed by atoms with van der Waals surface area (Å²) in [5.74, 6) is 0.0839. The maximum Gasteiger partial charge on any atom is 0.306 e. The van der Waals surface area contributed by atoms with Gasteiger partial charge < -0.3 is 14.8 Å². The van der Waals surface area contributed by atoms with E-state index in [1.807, 2.05) is 14.0 Å². The zero-order chi connectivity index (χ0) is 11.4. The van der Waals surface area contributed by atoms with Crippen molar-refractivity contribution in [3.05, 3.63) is 5.82 Å². The monoisotopic (exact) mass is 231 g/mol. The Morgan fingerprint density at radius 3 is 2.73 bits per heavy atom. The molecule has 1 atom stereocenters. The van der Waals surface area contributed by atoms with Crippen LogP contribution in [0.5, 0.6) is 0 Å². The minimum absolute atomic E-state index is 0.246. The number of rotatable bonds is 5. The molecule has 1 heterocycles. The van der Waals surface area contributed by atoms with Crippen molar-refractivity contribution in [1.29, 1.82) is 0 Å². The Morgan fingerprint density at radius 2 is 2.27 bits per heavy atom. The molecule has 0 aromatic carbocycles. The van der Waals surface area contributed by atoms with Gasteiger partial charge in [-0.3, -0.25) is 4.79 Å². The molecule has 84 valence electrons. The topological polar surface area (TPSA) is 88.2 Å². The fourth-order valence-corrected chi connectivity index (χ4v) is 1.83. The number of aliphatic hydroxyl groups excluding tert-OH is 1. The third kappa shape index (κ3) is 3.52. The third-order valence-electron chi connectivity index (χ3n) is 1.87. The Bertz CT molecular complexity index is 353. The lowest BCUT2D eigenvalue weighted by atomic mass is 10.3. The lowest BCUT2D eigenvalue weighted by molar-refractivity contribution is -0.138. The smallest absolute Gasteiger partial charge is 0.306 e. The molecule has 1 aromatic heterocycles. The molecular weight excluding hydrogens is 218 g/mol. The van der Waals surface area contributed by atoms with E-state index >= 15 is 0 Å². The number of aliphatic hydroxyl groups is 1. The molecule has 0 saturated carbocycles. The van der Waals surface area contributed by atoms with Gasteiger partial charge in [-0.15, -0.1) is 10.2 Å². The largest absolute Gasteiger partial charge is 0.481 e. The normalized spacial score (nSPS) is 12.7. The van der Waals surface area contributed by atoms with Gasteiger partial charge in [-0.2, -0.15) is 0 Å². The van der Waals surface area contributed by atoms with E-state index in [0.717, 1.165) is 5.82 Å².